The van der Waals surface area contributed by atoms with Crippen LogP contribution in [-0.2, 0) is 16.4 Å². The number of carbonyl (C=O) groups excluding carboxylic acids is 2. The minimum absolute atomic E-state index is 0.0259. The lowest BCUT2D eigenvalue weighted by Crippen LogP contribution is -2.47. The first-order chi connectivity index (χ1) is 15.1. The molecule has 170 valence electrons. The van der Waals surface area contributed by atoms with E-state index in [1.165, 1.54) is 0 Å². The molecule has 1 saturated heterocycles. The minimum Gasteiger partial charge on any atom is -0.491 e. The lowest BCUT2D eigenvalue weighted by atomic mass is 9.73. The molecule has 1 N–H and O–H groups in total. The Labute approximate surface area is 187 Å². The SMILES string of the molecule is CC(=O)c1ncc(OCCN2CCC3(CC2)C(=O)Nc2ccc(Cl)cc23)cc1C(F)(F)F. The van der Waals surface area contributed by atoms with Gasteiger partial charge >= 0.3 is 6.18 Å². The van der Waals surface area contributed by atoms with Gasteiger partial charge in [0.1, 0.15) is 18.1 Å². The molecular formula is C22H21ClF3N3O3. The smallest absolute Gasteiger partial charge is 0.418 e. The first-order valence-electron chi connectivity index (χ1n) is 10.1. The maximum absolute atomic E-state index is 13.2. The molecule has 1 aromatic heterocycles. The van der Waals surface area contributed by atoms with Crippen molar-refractivity contribution in [2.24, 2.45) is 0 Å². The van der Waals surface area contributed by atoms with Crippen LogP contribution in [0.1, 0.15) is 41.4 Å². The number of likely N-dealkylation sites (tertiary alicyclic amines) is 1. The number of nitrogens with one attached hydrogen (secondary N) is 1. The molecule has 1 amide bonds. The molecule has 32 heavy (non-hydrogen) atoms. The highest BCUT2D eigenvalue weighted by atomic mass is 35.5. The molecular weight excluding hydrogens is 447 g/mol. The van der Waals surface area contributed by atoms with Gasteiger partial charge in [-0.3, -0.25) is 14.5 Å². The van der Waals surface area contributed by atoms with E-state index in [1.54, 1.807) is 6.07 Å². The molecule has 2 aliphatic rings. The number of hydrogen-bond donors (Lipinski definition) is 1. The number of nitrogens with zero attached hydrogens (tertiary/aromatic N) is 2. The Bertz CT molecular complexity index is 1070. The first-order valence-corrected chi connectivity index (χ1v) is 10.5. The third kappa shape index (κ3) is 4.19. The summed E-state index contributed by atoms with van der Waals surface area (Å²) in [5.74, 6) is -0.832. The Morgan fingerprint density at radius 3 is 2.66 bits per heavy atom. The van der Waals surface area contributed by atoms with Crippen molar-refractivity contribution in [1.82, 2.24) is 9.88 Å². The van der Waals surface area contributed by atoms with Crippen molar-refractivity contribution in [1.29, 1.82) is 0 Å². The summed E-state index contributed by atoms with van der Waals surface area (Å²) in [5.41, 5.74) is -0.625. The highest BCUT2D eigenvalue weighted by Gasteiger charge is 2.48. The molecule has 10 heteroatoms. The minimum atomic E-state index is -4.70. The quantitative estimate of drug-likeness (QED) is 0.663. The van der Waals surface area contributed by atoms with Gasteiger partial charge in [0, 0.05) is 24.2 Å². The molecule has 3 heterocycles. The first kappa shape index (κ1) is 22.5. The number of hydrogen-bond acceptors (Lipinski definition) is 5. The number of pyridine rings is 1. The zero-order valence-corrected chi connectivity index (χ0v) is 18.0. The molecule has 1 fully saturated rings. The maximum Gasteiger partial charge on any atom is 0.418 e. The van der Waals surface area contributed by atoms with E-state index in [2.05, 4.69) is 15.2 Å². The van der Waals surface area contributed by atoms with Gasteiger partial charge in [-0.15, -0.1) is 0 Å². The van der Waals surface area contributed by atoms with E-state index < -0.39 is 28.6 Å². The van der Waals surface area contributed by atoms with Gasteiger partial charge in [-0.1, -0.05) is 11.6 Å². The third-order valence-corrected chi connectivity index (χ3v) is 6.30. The molecule has 0 bridgehead atoms. The summed E-state index contributed by atoms with van der Waals surface area (Å²) < 4.78 is 45.1. The van der Waals surface area contributed by atoms with E-state index in [4.69, 9.17) is 16.3 Å². The van der Waals surface area contributed by atoms with Crippen molar-refractivity contribution in [2.45, 2.75) is 31.4 Å². The van der Waals surface area contributed by atoms with Crippen LogP contribution in [0, 0.1) is 0 Å². The van der Waals surface area contributed by atoms with E-state index >= 15 is 0 Å². The largest absolute Gasteiger partial charge is 0.491 e. The normalized spacial score (nSPS) is 17.8. The number of piperidine rings is 1. The number of amides is 1. The second-order valence-electron chi connectivity index (χ2n) is 8.04. The molecule has 2 aliphatic heterocycles. The van der Waals surface area contributed by atoms with Gasteiger partial charge in [0.05, 0.1) is 17.2 Å². The molecule has 0 aliphatic carbocycles. The van der Waals surface area contributed by atoms with Crippen LogP contribution in [0.15, 0.2) is 30.5 Å². The zero-order chi connectivity index (χ0) is 23.1. The molecule has 0 radical (unpaired) electrons. The average Bonchev–Trinajstić information content (AvgIpc) is 2.99. The molecule has 6 nitrogen and oxygen atoms in total. The number of benzene rings is 1. The summed E-state index contributed by atoms with van der Waals surface area (Å²) in [6.07, 6.45) is -2.35. The molecule has 1 aromatic carbocycles. The summed E-state index contributed by atoms with van der Waals surface area (Å²) >= 11 is 6.13. The van der Waals surface area contributed by atoms with Gasteiger partial charge in [-0.2, -0.15) is 13.2 Å². The van der Waals surface area contributed by atoms with E-state index in [1.807, 2.05) is 12.1 Å². The maximum atomic E-state index is 13.2. The second-order valence-corrected chi connectivity index (χ2v) is 8.47. The second kappa shape index (κ2) is 8.37. The summed E-state index contributed by atoms with van der Waals surface area (Å²) in [6, 6.07) is 6.20. The van der Waals surface area contributed by atoms with Crippen molar-refractivity contribution >= 4 is 29.0 Å². The van der Waals surface area contributed by atoms with Crippen LogP contribution in [-0.4, -0.2) is 47.8 Å². The van der Waals surface area contributed by atoms with Crippen LogP contribution in [0.25, 0.3) is 0 Å². The van der Waals surface area contributed by atoms with Crippen molar-refractivity contribution in [3.05, 3.63) is 52.3 Å². The molecule has 4 rings (SSSR count). The van der Waals surface area contributed by atoms with Gasteiger partial charge in [0.2, 0.25) is 5.91 Å². The fourth-order valence-corrected chi connectivity index (χ4v) is 4.53. The number of aromatic nitrogens is 1. The van der Waals surface area contributed by atoms with Gasteiger partial charge in [0.25, 0.3) is 0 Å². The van der Waals surface area contributed by atoms with Crippen LogP contribution in [0.2, 0.25) is 5.02 Å². The van der Waals surface area contributed by atoms with Crippen LogP contribution < -0.4 is 10.1 Å². The number of ether oxygens (including phenoxy) is 1. The highest BCUT2D eigenvalue weighted by Crippen LogP contribution is 2.45. The fourth-order valence-electron chi connectivity index (χ4n) is 4.35. The number of alkyl halides is 3. The lowest BCUT2D eigenvalue weighted by molar-refractivity contribution is -0.138. The van der Waals surface area contributed by atoms with Crippen molar-refractivity contribution in [2.75, 3.05) is 31.6 Å². The Balaban J connectivity index is 1.36. The van der Waals surface area contributed by atoms with Gasteiger partial charge in [-0.05, 0) is 55.8 Å². The molecule has 0 unspecified atom stereocenters. The zero-order valence-electron chi connectivity index (χ0n) is 17.3. The average molecular weight is 468 g/mol. The lowest BCUT2D eigenvalue weighted by Gasteiger charge is -2.37. The number of halogens is 4. The Kier molecular flexibility index (Phi) is 5.89. The Hall–Kier alpha value is -2.65. The molecule has 0 atom stereocenters. The van der Waals surface area contributed by atoms with Crippen LogP contribution in [0.4, 0.5) is 18.9 Å². The van der Waals surface area contributed by atoms with Crippen LogP contribution >= 0.6 is 11.6 Å². The molecule has 0 saturated carbocycles. The van der Waals surface area contributed by atoms with E-state index in [-0.39, 0.29) is 18.3 Å². The van der Waals surface area contributed by atoms with Crippen molar-refractivity contribution < 1.29 is 27.5 Å². The standard InChI is InChI=1S/C22H21ClF3N3O3/c1-13(30)19-17(22(24,25)26)11-15(12-27-19)32-9-8-29-6-4-21(5-7-29)16-10-14(23)2-3-18(16)28-20(21)31/h2-3,10-12H,4-9H2,1H3,(H,28,31). The van der Waals surface area contributed by atoms with E-state index in [0.29, 0.717) is 37.5 Å². The third-order valence-electron chi connectivity index (χ3n) is 6.07. The summed E-state index contributed by atoms with van der Waals surface area (Å²) in [5, 5.41) is 3.51. The number of rotatable bonds is 5. The number of Topliss-reactive ketones (excluding diaryl/α,β-unsaturated/α-hetero) is 1. The Morgan fingerprint density at radius 2 is 2.00 bits per heavy atom. The van der Waals surface area contributed by atoms with Gasteiger partial charge in [0.15, 0.2) is 5.78 Å². The Morgan fingerprint density at radius 1 is 1.28 bits per heavy atom. The topological polar surface area (TPSA) is 71.5 Å². The fraction of sp³-hybridized carbons (Fsp3) is 0.409. The predicted molar refractivity (Wildman–Crippen MR) is 112 cm³/mol. The summed E-state index contributed by atoms with van der Waals surface area (Å²) in [7, 11) is 0. The monoisotopic (exact) mass is 467 g/mol. The molecule has 2 aromatic rings. The van der Waals surface area contributed by atoms with Crippen molar-refractivity contribution in [3.63, 3.8) is 0 Å². The van der Waals surface area contributed by atoms with Crippen LogP contribution in [0.3, 0.4) is 0 Å². The van der Waals surface area contributed by atoms with E-state index in [0.717, 1.165) is 30.4 Å². The number of fused-ring (bicyclic) bond motifs is 2. The van der Waals surface area contributed by atoms with Gasteiger partial charge < -0.3 is 10.1 Å². The van der Waals surface area contributed by atoms with Crippen molar-refractivity contribution in [3.8, 4) is 5.75 Å². The highest BCUT2D eigenvalue weighted by molar-refractivity contribution is 6.31. The van der Waals surface area contributed by atoms with E-state index in [9.17, 15) is 22.8 Å². The number of ketones is 1. The van der Waals surface area contributed by atoms with Crippen LogP contribution in [0.5, 0.6) is 5.75 Å². The predicted octanol–water partition coefficient (Wildman–Crippen LogP) is 4.32. The molecule has 1 spiro atoms. The number of anilines is 1. The van der Waals surface area contributed by atoms with Gasteiger partial charge in [-0.25, -0.2) is 4.98 Å². The summed E-state index contributed by atoms with van der Waals surface area (Å²) in [4.78, 5) is 29.8. The number of carbonyl (C=O) groups is 2. The summed E-state index contributed by atoms with van der Waals surface area (Å²) in [6.45, 7) is 2.95.